The monoisotopic (exact) mass is 225 g/mol. The van der Waals surface area contributed by atoms with Gasteiger partial charge in [0.15, 0.2) is 0 Å². The molecule has 0 heterocycles. The van der Waals surface area contributed by atoms with Crippen LogP contribution in [0.3, 0.4) is 0 Å². The summed E-state index contributed by atoms with van der Waals surface area (Å²) in [6, 6.07) is 10.7. The lowest BCUT2D eigenvalue weighted by Crippen LogP contribution is -2.26. The molecule has 0 aliphatic rings. The summed E-state index contributed by atoms with van der Waals surface area (Å²) in [5, 5.41) is 0. The Morgan fingerprint density at radius 2 is 1.87 bits per heavy atom. The van der Waals surface area contributed by atoms with Gasteiger partial charge in [0, 0.05) is 12.4 Å². The average molecular weight is 226 g/mol. The van der Waals surface area contributed by atoms with E-state index < -0.39 is 0 Å². The van der Waals surface area contributed by atoms with Gasteiger partial charge in [0.1, 0.15) is 0 Å². The van der Waals surface area contributed by atoms with E-state index in [-0.39, 0.29) is 0 Å². The van der Waals surface area contributed by atoms with Crippen molar-refractivity contribution in [3.05, 3.63) is 35.9 Å². The lowest BCUT2D eigenvalue weighted by molar-refractivity contribution is 0.301. The van der Waals surface area contributed by atoms with Gasteiger partial charge in [0.25, 0.3) is 0 Å². The van der Waals surface area contributed by atoms with Crippen LogP contribution in [0, 0.1) is 0 Å². The lowest BCUT2D eigenvalue weighted by Gasteiger charge is -2.18. The fourth-order valence-corrected chi connectivity index (χ4v) is 1.94. The summed E-state index contributed by atoms with van der Waals surface area (Å²) in [5.41, 5.74) is 1.43. The molecule has 84 valence electrons. The molecule has 0 aliphatic heterocycles. The van der Waals surface area contributed by atoms with Crippen molar-refractivity contribution < 1.29 is 0 Å². The Labute approximate surface area is 98.0 Å². The Morgan fingerprint density at radius 1 is 1.13 bits per heavy atom. The zero-order valence-corrected chi connectivity index (χ0v) is 10.2. The maximum Gasteiger partial charge on any atom is 0.0351 e. The van der Waals surface area contributed by atoms with E-state index in [1.54, 1.807) is 0 Å². The number of halogens is 1. The van der Waals surface area contributed by atoms with Gasteiger partial charge in [-0.25, -0.2) is 0 Å². The van der Waals surface area contributed by atoms with E-state index in [1.165, 1.54) is 18.4 Å². The molecular weight excluding hydrogens is 206 g/mol. The van der Waals surface area contributed by atoms with Gasteiger partial charge < -0.3 is 4.90 Å². The maximum atomic E-state index is 5.73. The van der Waals surface area contributed by atoms with Gasteiger partial charge in [0.2, 0.25) is 0 Å². The Balaban J connectivity index is 2.20. The summed E-state index contributed by atoms with van der Waals surface area (Å²) < 4.78 is 0. The number of hydrogen-bond donors (Lipinski definition) is 0. The minimum absolute atomic E-state index is 0.735. The predicted octanol–water partition coefficient (Wildman–Crippen LogP) is 3.18. The largest absolute Gasteiger partial charge is 0.302 e. The standard InChI is InChI=1S/C13H20ClN/c1-2-15(12-10-14)11-6-9-13-7-4-3-5-8-13/h3-5,7-8H,2,6,9-12H2,1H3. The van der Waals surface area contributed by atoms with Gasteiger partial charge in [-0.2, -0.15) is 0 Å². The number of rotatable bonds is 7. The van der Waals surface area contributed by atoms with E-state index >= 15 is 0 Å². The van der Waals surface area contributed by atoms with Crippen molar-refractivity contribution in [3.63, 3.8) is 0 Å². The van der Waals surface area contributed by atoms with Crippen LogP contribution >= 0.6 is 11.6 Å². The first-order valence-corrected chi connectivity index (χ1v) is 6.22. The van der Waals surface area contributed by atoms with Crippen molar-refractivity contribution in [2.75, 3.05) is 25.5 Å². The molecule has 0 aliphatic carbocycles. The molecule has 0 N–H and O–H groups in total. The van der Waals surface area contributed by atoms with Gasteiger partial charge in [-0.3, -0.25) is 0 Å². The number of alkyl halides is 1. The minimum Gasteiger partial charge on any atom is -0.302 e. The molecule has 0 unspecified atom stereocenters. The average Bonchev–Trinajstić information content (AvgIpc) is 2.29. The molecule has 0 spiro atoms. The van der Waals surface area contributed by atoms with Crippen LogP contribution in [0.4, 0.5) is 0 Å². The van der Waals surface area contributed by atoms with Crippen LogP contribution in [-0.2, 0) is 6.42 Å². The summed E-state index contributed by atoms with van der Waals surface area (Å²) >= 11 is 5.73. The van der Waals surface area contributed by atoms with Crippen molar-refractivity contribution >= 4 is 11.6 Å². The first kappa shape index (κ1) is 12.5. The van der Waals surface area contributed by atoms with E-state index in [9.17, 15) is 0 Å². The molecule has 15 heavy (non-hydrogen) atoms. The maximum absolute atomic E-state index is 5.73. The van der Waals surface area contributed by atoms with Gasteiger partial charge in [0.05, 0.1) is 0 Å². The van der Waals surface area contributed by atoms with E-state index in [4.69, 9.17) is 11.6 Å². The second kappa shape index (κ2) is 7.72. The molecule has 0 saturated heterocycles. The van der Waals surface area contributed by atoms with Crippen molar-refractivity contribution in [1.82, 2.24) is 4.90 Å². The normalized spacial score (nSPS) is 10.9. The Morgan fingerprint density at radius 3 is 2.47 bits per heavy atom. The second-order valence-corrected chi connectivity index (χ2v) is 4.09. The van der Waals surface area contributed by atoms with Crippen LogP contribution in [0.25, 0.3) is 0 Å². The SMILES string of the molecule is CCN(CCCl)CCCc1ccccc1. The van der Waals surface area contributed by atoms with Crippen molar-refractivity contribution in [2.45, 2.75) is 19.8 Å². The molecule has 0 amide bonds. The second-order valence-electron chi connectivity index (χ2n) is 3.71. The summed E-state index contributed by atoms with van der Waals surface area (Å²) in [5.74, 6) is 0.735. The highest BCUT2D eigenvalue weighted by molar-refractivity contribution is 6.18. The Hall–Kier alpha value is -0.530. The lowest BCUT2D eigenvalue weighted by atomic mass is 10.1. The zero-order chi connectivity index (χ0) is 10.9. The van der Waals surface area contributed by atoms with Crippen LogP contribution in [0.5, 0.6) is 0 Å². The van der Waals surface area contributed by atoms with Crippen LogP contribution in [0.15, 0.2) is 30.3 Å². The fourth-order valence-electron chi connectivity index (χ4n) is 1.70. The van der Waals surface area contributed by atoms with E-state index in [0.717, 1.165) is 25.5 Å². The molecule has 2 heteroatoms. The van der Waals surface area contributed by atoms with Crippen LogP contribution < -0.4 is 0 Å². The highest BCUT2D eigenvalue weighted by Crippen LogP contribution is 2.03. The molecule has 1 nitrogen and oxygen atoms in total. The van der Waals surface area contributed by atoms with E-state index in [0.29, 0.717) is 0 Å². The van der Waals surface area contributed by atoms with Crippen LogP contribution in [-0.4, -0.2) is 30.4 Å². The zero-order valence-electron chi connectivity index (χ0n) is 9.45. The quantitative estimate of drug-likeness (QED) is 0.645. The fraction of sp³-hybridized carbons (Fsp3) is 0.538. The number of aryl methyl sites for hydroxylation is 1. The van der Waals surface area contributed by atoms with Crippen molar-refractivity contribution in [1.29, 1.82) is 0 Å². The van der Waals surface area contributed by atoms with Gasteiger partial charge in [-0.15, -0.1) is 11.6 Å². The minimum atomic E-state index is 0.735. The third-order valence-corrected chi connectivity index (χ3v) is 2.80. The van der Waals surface area contributed by atoms with Gasteiger partial charge in [-0.05, 0) is 31.5 Å². The molecular formula is C13H20ClN. The van der Waals surface area contributed by atoms with Crippen LogP contribution in [0.2, 0.25) is 0 Å². The molecule has 0 saturated carbocycles. The molecule has 1 aromatic rings. The van der Waals surface area contributed by atoms with E-state index in [2.05, 4.69) is 42.2 Å². The first-order valence-electron chi connectivity index (χ1n) is 5.69. The number of benzene rings is 1. The Bertz CT molecular complexity index is 248. The summed E-state index contributed by atoms with van der Waals surface area (Å²) in [6.07, 6.45) is 2.38. The molecule has 1 aromatic carbocycles. The van der Waals surface area contributed by atoms with Crippen molar-refractivity contribution in [2.24, 2.45) is 0 Å². The molecule has 0 fully saturated rings. The third kappa shape index (κ3) is 5.19. The summed E-state index contributed by atoms with van der Waals surface area (Å²) in [6.45, 7) is 5.45. The van der Waals surface area contributed by atoms with Crippen molar-refractivity contribution in [3.8, 4) is 0 Å². The topological polar surface area (TPSA) is 3.24 Å². The van der Waals surface area contributed by atoms with E-state index in [1.807, 2.05) is 0 Å². The smallest absolute Gasteiger partial charge is 0.0351 e. The third-order valence-electron chi connectivity index (χ3n) is 2.63. The van der Waals surface area contributed by atoms with Crippen LogP contribution in [0.1, 0.15) is 18.9 Å². The summed E-state index contributed by atoms with van der Waals surface area (Å²) in [4.78, 5) is 2.40. The van der Waals surface area contributed by atoms with Gasteiger partial charge in [-0.1, -0.05) is 37.3 Å². The first-order chi connectivity index (χ1) is 7.36. The molecule has 0 bridgehead atoms. The summed E-state index contributed by atoms with van der Waals surface area (Å²) in [7, 11) is 0. The predicted molar refractivity (Wildman–Crippen MR) is 67.6 cm³/mol. The molecule has 0 atom stereocenters. The molecule has 1 rings (SSSR count). The van der Waals surface area contributed by atoms with Gasteiger partial charge >= 0.3 is 0 Å². The highest BCUT2D eigenvalue weighted by atomic mass is 35.5. The Kier molecular flexibility index (Phi) is 6.45. The number of nitrogens with zero attached hydrogens (tertiary/aromatic N) is 1. The molecule has 0 aromatic heterocycles. The number of hydrogen-bond acceptors (Lipinski definition) is 1. The highest BCUT2D eigenvalue weighted by Gasteiger charge is 2.00. The molecule has 0 radical (unpaired) electrons.